The SMILES string of the molecule is COC(C)(C)CC(=O)N1CCS(=O)(=O)CC1CC(=O)O. The van der Waals surface area contributed by atoms with Gasteiger partial charge in [-0.25, -0.2) is 8.42 Å². The first kappa shape index (κ1) is 16.9. The van der Waals surface area contributed by atoms with Crippen LogP contribution in [0.1, 0.15) is 26.7 Å². The molecule has 1 N–H and O–H groups in total. The molecule has 0 aromatic rings. The Balaban J connectivity index is 2.85. The summed E-state index contributed by atoms with van der Waals surface area (Å²) in [4.78, 5) is 24.4. The molecule has 1 heterocycles. The van der Waals surface area contributed by atoms with Crippen molar-refractivity contribution in [3.05, 3.63) is 0 Å². The molecule has 1 aliphatic rings. The number of rotatable bonds is 5. The summed E-state index contributed by atoms with van der Waals surface area (Å²) in [5.74, 6) is -1.81. The maximum atomic E-state index is 12.2. The van der Waals surface area contributed by atoms with Gasteiger partial charge in [-0.3, -0.25) is 9.59 Å². The minimum atomic E-state index is -3.28. The third kappa shape index (κ3) is 4.75. The highest BCUT2D eigenvalue weighted by molar-refractivity contribution is 7.91. The number of amides is 1. The van der Waals surface area contributed by atoms with Gasteiger partial charge < -0.3 is 14.7 Å². The zero-order valence-electron chi connectivity index (χ0n) is 12.0. The quantitative estimate of drug-likeness (QED) is 0.761. The Morgan fingerprint density at radius 3 is 2.50 bits per heavy atom. The zero-order chi connectivity index (χ0) is 15.6. The largest absolute Gasteiger partial charge is 0.481 e. The summed E-state index contributed by atoms with van der Waals surface area (Å²) in [6, 6.07) is -0.800. The summed E-state index contributed by atoms with van der Waals surface area (Å²) >= 11 is 0. The lowest BCUT2D eigenvalue weighted by Crippen LogP contribution is -2.53. The number of sulfone groups is 1. The second-order valence-corrected chi connectivity index (χ2v) is 7.82. The molecule has 0 aromatic carbocycles. The topological polar surface area (TPSA) is 101 Å². The van der Waals surface area contributed by atoms with Gasteiger partial charge in [-0.1, -0.05) is 0 Å². The molecule has 0 radical (unpaired) electrons. The number of carbonyl (C=O) groups excluding carboxylic acids is 1. The Hall–Kier alpha value is -1.15. The molecule has 1 amide bonds. The normalized spacial score (nSPS) is 22.6. The monoisotopic (exact) mass is 307 g/mol. The van der Waals surface area contributed by atoms with E-state index >= 15 is 0 Å². The van der Waals surface area contributed by atoms with E-state index in [4.69, 9.17) is 9.84 Å². The molecule has 1 rings (SSSR count). The lowest BCUT2D eigenvalue weighted by Gasteiger charge is -2.36. The van der Waals surface area contributed by atoms with Crippen LogP contribution >= 0.6 is 0 Å². The van der Waals surface area contributed by atoms with Gasteiger partial charge in [0.2, 0.25) is 5.91 Å². The van der Waals surface area contributed by atoms with Crippen molar-refractivity contribution in [3.8, 4) is 0 Å². The van der Waals surface area contributed by atoms with E-state index in [1.165, 1.54) is 12.0 Å². The van der Waals surface area contributed by atoms with Crippen LogP contribution in [0.25, 0.3) is 0 Å². The summed E-state index contributed by atoms with van der Waals surface area (Å²) in [6.07, 6.45) is -0.280. The predicted molar refractivity (Wildman–Crippen MR) is 72.1 cm³/mol. The van der Waals surface area contributed by atoms with Crippen molar-refractivity contribution in [2.45, 2.75) is 38.3 Å². The second kappa shape index (κ2) is 6.09. The van der Waals surface area contributed by atoms with E-state index < -0.39 is 27.4 Å². The molecular weight excluding hydrogens is 286 g/mol. The van der Waals surface area contributed by atoms with E-state index in [1.807, 2.05) is 0 Å². The molecule has 1 fully saturated rings. The smallest absolute Gasteiger partial charge is 0.305 e. The van der Waals surface area contributed by atoms with E-state index in [-0.39, 0.29) is 36.8 Å². The van der Waals surface area contributed by atoms with E-state index in [2.05, 4.69) is 0 Å². The molecule has 1 atom stereocenters. The third-order valence-electron chi connectivity index (χ3n) is 3.39. The van der Waals surface area contributed by atoms with Gasteiger partial charge in [0.1, 0.15) is 0 Å². The van der Waals surface area contributed by atoms with Gasteiger partial charge in [-0.2, -0.15) is 0 Å². The average Bonchev–Trinajstić information content (AvgIpc) is 2.26. The minimum Gasteiger partial charge on any atom is -0.481 e. The Morgan fingerprint density at radius 1 is 1.40 bits per heavy atom. The van der Waals surface area contributed by atoms with Crippen LogP contribution in [0.2, 0.25) is 0 Å². The molecule has 7 nitrogen and oxygen atoms in total. The van der Waals surface area contributed by atoms with Crippen molar-refractivity contribution in [1.29, 1.82) is 0 Å². The highest BCUT2D eigenvalue weighted by Gasteiger charge is 2.37. The van der Waals surface area contributed by atoms with Gasteiger partial charge in [-0.05, 0) is 13.8 Å². The molecule has 8 heteroatoms. The van der Waals surface area contributed by atoms with Gasteiger partial charge in [0, 0.05) is 13.7 Å². The molecule has 0 bridgehead atoms. The summed E-state index contributed by atoms with van der Waals surface area (Å²) < 4.78 is 28.4. The predicted octanol–water partition coefficient (Wildman–Crippen LogP) is -0.0982. The van der Waals surface area contributed by atoms with E-state index in [0.29, 0.717) is 0 Å². The van der Waals surface area contributed by atoms with Crippen molar-refractivity contribution >= 4 is 21.7 Å². The van der Waals surface area contributed by atoms with E-state index in [0.717, 1.165) is 0 Å². The fourth-order valence-corrected chi connectivity index (χ4v) is 3.65. The van der Waals surface area contributed by atoms with Crippen LogP contribution in [-0.4, -0.2) is 67.1 Å². The van der Waals surface area contributed by atoms with E-state index in [9.17, 15) is 18.0 Å². The molecule has 0 aromatic heterocycles. The van der Waals surface area contributed by atoms with Gasteiger partial charge in [0.25, 0.3) is 0 Å². The van der Waals surface area contributed by atoms with Crippen molar-refractivity contribution in [1.82, 2.24) is 4.90 Å². The fourth-order valence-electron chi connectivity index (χ4n) is 2.12. The molecule has 20 heavy (non-hydrogen) atoms. The maximum absolute atomic E-state index is 12.2. The summed E-state index contributed by atoms with van der Waals surface area (Å²) in [6.45, 7) is 3.54. The number of carbonyl (C=O) groups is 2. The number of methoxy groups -OCH3 is 1. The first-order valence-electron chi connectivity index (χ1n) is 6.33. The second-order valence-electron chi connectivity index (χ2n) is 5.59. The van der Waals surface area contributed by atoms with Gasteiger partial charge in [-0.15, -0.1) is 0 Å². The number of hydrogen-bond donors (Lipinski definition) is 1. The Kier molecular flexibility index (Phi) is 5.15. The van der Waals surface area contributed by atoms with Gasteiger partial charge in [0.15, 0.2) is 9.84 Å². The summed E-state index contributed by atoms with van der Waals surface area (Å²) in [5.41, 5.74) is -0.665. The van der Waals surface area contributed by atoms with Crippen LogP contribution in [0.3, 0.4) is 0 Å². The van der Waals surface area contributed by atoms with Crippen LogP contribution in [0.4, 0.5) is 0 Å². The van der Waals surface area contributed by atoms with Crippen molar-refractivity contribution in [2.75, 3.05) is 25.2 Å². The molecule has 0 saturated carbocycles. The van der Waals surface area contributed by atoms with Crippen LogP contribution in [0.5, 0.6) is 0 Å². The van der Waals surface area contributed by atoms with Crippen molar-refractivity contribution < 1.29 is 27.9 Å². The van der Waals surface area contributed by atoms with Crippen LogP contribution in [-0.2, 0) is 24.2 Å². The summed E-state index contributed by atoms with van der Waals surface area (Å²) in [7, 11) is -1.79. The van der Waals surface area contributed by atoms with Crippen LogP contribution < -0.4 is 0 Å². The highest BCUT2D eigenvalue weighted by atomic mass is 32.2. The van der Waals surface area contributed by atoms with Crippen molar-refractivity contribution in [3.63, 3.8) is 0 Å². The third-order valence-corrected chi connectivity index (χ3v) is 5.09. The zero-order valence-corrected chi connectivity index (χ0v) is 12.8. The Morgan fingerprint density at radius 2 is 2.00 bits per heavy atom. The maximum Gasteiger partial charge on any atom is 0.305 e. The first-order valence-corrected chi connectivity index (χ1v) is 8.15. The fraction of sp³-hybridized carbons (Fsp3) is 0.833. The number of hydrogen-bond acceptors (Lipinski definition) is 5. The summed E-state index contributed by atoms with van der Waals surface area (Å²) in [5, 5.41) is 8.86. The standard InChI is InChI=1S/C12H21NO6S/c1-12(2,19-3)7-10(14)13-4-5-20(17,18)8-9(13)6-11(15)16/h9H,4-8H2,1-3H3,(H,15,16). The van der Waals surface area contributed by atoms with Gasteiger partial charge in [0.05, 0.1) is 36.0 Å². The first-order chi connectivity index (χ1) is 9.06. The number of aliphatic carboxylic acids is 1. The molecule has 116 valence electrons. The lowest BCUT2D eigenvalue weighted by molar-refractivity contribution is -0.142. The molecule has 0 aliphatic carbocycles. The molecule has 1 saturated heterocycles. The molecular formula is C12H21NO6S. The van der Waals surface area contributed by atoms with E-state index in [1.54, 1.807) is 13.8 Å². The van der Waals surface area contributed by atoms with Crippen molar-refractivity contribution in [2.24, 2.45) is 0 Å². The molecule has 0 spiro atoms. The highest BCUT2D eigenvalue weighted by Crippen LogP contribution is 2.20. The van der Waals surface area contributed by atoms with Crippen LogP contribution in [0, 0.1) is 0 Å². The van der Waals surface area contributed by atoms with Gasteiger partial charge >= 0.3 is 5.97 Å². The minimum absolute atomic E-state index is 0.0406. The number of carboxylic acid groups (broad SMARTS) is 1. The number of carboxylic acids is 1. The molecule has 1 unspecified atom stereocenters. The average molecular weight is 307 g/mol. The Bertz CT molecular complexity index is 484. The lowest BCUT2D eigenvalue weighted by atomic mass is 10.0. The number of ether oxygens (including phenoxy) is 1. The number of nitrogens with zero attached hydrogens (tertiary/aromatic N) is 1. The molecule has 1 aliphatic heterocycles. The van der Waals surface area contributed by atoms with Crippen LogP contribution in [0.15, 0.2) is 0 Å². The Labute approximate surface area is 118 Å².